The molecule has 0 bridgehead atoms. The molecule has 1 N–H and O–H groups in total. The van der Waals surface area contributed by atoms with Crippen LogP contribution in [0.2, 0.25) is 0 Å². The molecular weight excluding hydrogens is 251 g/mol. The zero-order valence-electron chi connectivity index (χ0n) is 9.31. The molecule has 2 aromatic heterocycles. The van der Waals surface area contributed by atoms with Gasteiger partial charge in [-0.1, -0.05) is 0 Å². The molecule has 0 unspecified atom stereocenters. The highest BCUT2D eigenvalue weighted by Gasteiger charge is 2.08. The molecule has 0 atom stereocenters. The number of aromatic amines is 1. The zero-order chi connectivity index (χ0) is 12.5. The molecule has 0 spiro atoms. The summed E-state index contributed by atoms with van der Waals surface area (Å²) in [6, 6.07) is 6.68. The van der Waals surface area contributed by atoms with Gasteiger partial charge in [-0.3, -0.25) is 4.79 Å². The first-order valence-electron chi connectivity index (χ1n) is 5.41. The number of halogens is 1. The third kappa shape index (κ3) is 1.93. The third-order valence-electron chi connectivity index (χ3n) is 2.74. The Hall–Kier alpha value is -2.01. The minimum absolute atomic E-state index is 0.234. The summed E-state index contributed by atoms with van der Waals surface area (Å²) in [4.78, 5) is 18.7. The maximum atomic E-state index is 13.1. The van der Waals surface area contributed by atoms with Gasteiger partial charge in [-0.05, 0) is 29.7 Å². The van der Waals surface area contributed by atoms with Crippen LogP contribution in [0.15, 0.2) is 30.6 Å². The SMILES string of the molecule is O=Cc1nc[nH]c1Cc1cc2cc(F)ccc2s1. The lowest BCUT2D eigenvalue weighted by Crippen LogP contribution is -1.91. The number of fused-ring (bicyclic) bond motifs is 1. The third-order valence-corrected chi connectivity index (χ3v) is 3.86. The molecule has 0 saturated heterocycles. The fourth-order valence-corrected chi connectivity index (χ4v) is 2.96. The summed E-state index contributed by atoms with van der Waals surface area (Å²) in [5.74, 6) is -0.234. The van der Waals surface area contributed by atoms with Crippen LogP contribution in [0.1, 0.15) is 21.1 Å². The first-order valence-corrected chi connectivity index (χ1v) is 6.23. The molecule has 2 heterocycles. The molecule has 0 fully saturated rings. The molecule has 0 radical (unpaired) electrons. The van der Waals surface area contributed by atoms with Gasteiger partial charge in [0, 0.05) is 16.0 Å². The molecule has 90 valence electrons. The Morgan fingerprint density at radius 3 is 3.11 bits per heavy atom. The van der Waals surface area contributed by atoms with Crippen LogP contribution in [0, 0.1) is 5.82 Å². The maximum absolute atomic E-state index is 13.1. The summed E-state index contributed by atoms with van der Waals surface area (Å²) in [6.07, 6.45) is 2.85. The number of carbonyl (C=O) groups is 1. The van der Waals surface area contributed by atoms with E-state index in [0.29, 0.717) is 12.1 Å². The molecule has 1 aromatic carbocycles. The van der Waals surface area contributed by atoms with Crippen molar-refractivity contribution in [3.63, 3.8) is 0 Å². The van der Waals surface area contributed by atoms with Crippen LogP contribution in [-0.4, -0.2) is 16.3 Å². The lowest BCUT2D eigenvalue weighted by atomic mass is 10.2. The molecule has 5 heteroatoms. The van der Waals surface area contributed by atoms with Crippen LogP contribution in [0.5, 0.6) is 0 Å². The Morgan fingerprint density at radius 1 is 1.39 bits per heavy atom. The Kier molecular flexibility index (Phi) is 2.68. The van der Waals surface area contributed by atoms with Gasteiger partial charge in [-0.2, -0.15) is 0 Å². The van der Waals surface area contributed by atoms with Crippen molar-refractivity contribution in [2.75, 3.05) is 0 Å². The Labute approximate surface area is 106 Å². The minimum Gasteiger partial charge on any atom is -0.348 e. The minimum atomic E-state index is -0.234. The van der Waals surface area contributed by atoms with Crippen LogP contribution in [0.4, 0.5) is 4.39 Å². The predicted molar refractivity (Wildman–Crippen MR) is 68.6 cm³/mol. The molecule has 0 aliphatic carbocycles. The van der Waals surface area contributed by atoms with Crippen molar-refractivity contribution in [3.05, 3.63) is 52.7 Å². The normalized spacial score (nSPS) is 10.9. The van der Waals surface area contributed by atoms with E-state index in [2.05, 4.69) is 9.97 Å². The molecule has 0 aliphatic heterocycles. The lowest BCUT2D eigenvalue weighted by molar-refractivity contribution is 0.111. The number of carbonyl (C=O) groups excluding carboxylic acids is 1. The average molecular weight is 260 g/mol. The Bertz CT molecular complexity index is 717. The first-order chi connectivity index (χ1) is 8.76. The summed E-state index contributed by atoms with van der Waals surface area (Å²) in [7, 11) is 0. The fourth-order valence-electron chi connectivity index (χ4n) is 1.91. The zero-order valence-corrected chi connectivity index (χ0v) is 10.1. The molecule has 0 aliphatic rings. The number of aldehydes is 1. The van der Waals surface area contributed by atoms with E-state index in [1.807, 2.05) is 6.07 Å². The number of thiophene rings is 1. The van der Waals surface area contributed by atoms with Gasteiger partial charge >= 0.3 is 0 Å². The van der Waals surface area contributed by atoms with E-state index in [0.717, 1.165) is 26.9 Å². The van der Waals surface area contributed by atoms with Gasteiger partial charge in [0.1, 0.15) is 11.5 Å². The van der Waals surface area contributed by atoms with Crippen molar-refractivity contribution in [3.8, 4) is 0 Å². The number of H-pyrrole nitrogens is 1. The van der Waals surface area contributed by atoms with Crippen LogP contribution in [-0.2, 0) is 6.42 Å². The number of imidazole rings is 1. The van der Waals surface area contributed by atoms with E-state index in [1.165, 1.54) is 18.5 Å². The van der Waals surface area contributed by atoms with Crippen LogP contribution >= 0.6 is 11.3 Å². The second-order valence-corrected chi connectivity index (χ2v) is 5.12. The second-order valence-electron chi connectivity index (χ2n) is 3.96. The Balaban J connectivity index is 1.98. The summed E-state index contributed by atoms with van der Waals surface area (Å²) >= 11 is 1.59. The number of hydrogen-bond donors (Lipinski definition) is 1. The van der Waals surface area contributed by atoms with E-state index in [4.69, 9.17) is 0 Å². The van der Waals surface area contributed by atoms with Crippen molar-refractivity contribution in [1.29, 1.82) is 0 Å². The van der Waals surface area contributed by atoms with Crippen molar-refractivity contribution < 1.29 is 9.18 Å². The van der Waals surface area contributed by atoms with Crippen molar-refractivity contribution in [2.45, 2.75) is 6.42 Å². The van der Waals surface area contributed by atoms with Gasteiger partial charge in [0.25, 0.3) is 0 Å². The van der Waals surface area contributed by atoms with Crippen LogP contribution < -0.4 is 0 Å². The first kappa shape index (κ1) is 11.1. The highest BCUT2D eigenvalue weighted by atomic mass is 32.1. The lowest BCUT2D eigenvalue weighted by Gasteiger charge is -1.94. The molecule has 0 saturated carbocycles. The molecule has 18 heavy (non-hydrogen) atoms. The van der Waals surface area contributed by atoms with Gasteiger partial charge in [-0.25, -0.2) is 9.37 Å². The summed E-state index contributed by atoms with van der Waals surface area (Å²) in [6.45, 7) is 0. The van der Waals surface area contributed by atoms with Crippen LogP contribution in [0.3, 0.4) is 0 Å². The molecule has 3 rings (SSSR count). The number of nitrogens with one attached hydrogen (secondary N) is 1. The van der Waals surface area contributed by atoms with E-state index < -0.39 is 0 Å². The van der Waals surface area contributed by atoms with E-state index >= 15 is 0 Å². The van der Waals surface area contributed by atoms with Crippen molar-refractivity contribution in [2.24, 2.45) is 0 Å². The van der Waals surface area contributed by atoms with Crippen molar-refractivity contribution in [1.82, 2.24) is 9.97 Å². The van der Waals surface area contributed by atoms with Gasteiger partial charge in [0.15, 0.2) is 6.29 Å². The average Bonchev–Trinajstić information content (AvgIpc) is 2.94. The number of aromatic nitrogens is 2. The van der Waals surface area contributed by atoms with Gasteiger partial charge in [0.05, 0.1) is 12.0 Å². The largest absolute Gasteiger partial charge is 0.348 e. The van der Waals surface area contributed by atoms with Gasteiger partial charge in [0.2, 0.25) is 0 Å². The highest BCUT2D eigenvalue weighted by Crippen LogP contribution is 2.27. The Morgan fingerprint density at radius 2 is 2.28 bits per heavy atom. The second kappa shape index (κ2) is 4.34. The van der Waals surface area contributed by atoms with E-state index in [1.54, 1.807) is 17.4 Å². The smallest absolute Gasteiger partial charge is 0.170 e. The van der Waals surface area contributed by atoms with E-state index in [9.17, 15) is 9.18 Å². The predicted octanol–water partition coefficient (Wildman–Crippen LogP) is 3.17. The van der Waals surface area contributed by atoms with E-state index in [-0.39, 0.29) is 5.82 Å². The number of rotatable bonds is 3. The number of benzene rings is 1. The summed E-state index contributed by atoms with van der Waals surface area (Å²) in [5, 5.41) is 0.891. The molecule has 3 aromatic rings. The maximum Gasteiger partial charge on any atom is 0.170 e. The number of hydrogen-bond acceptors (Lipinski definition) is 3. The van der Waals surface area contributed by atoms with Crippen molar-refractivity contribution >= 4 is 27.7 Å². The summed E-state index contributed by atoms with van der Waals surface area (Å²) < 4.78 is 14.1. The van der Waals surface area contributed by atoms with Gasteiger partial charge in [-0.15, -0.1) is 11.3 Å². The van der Waals surface area contributed by atoms with Gasteiger partial charge < -0.3 is 4.98 Å². The monoisotopic (exact) mass is 260 g/mol. The number of nitrogens with zero attached hydrogens (tertiary/aromatic N) is 1. The van der Waals surface area contributed by atoms with Crippen LogP contribution in [0.25, 0.3) is 10.1 Å². The molecule has 3 nitrogen and oxygen atoms in total. The highest BCUT2D eigenvalue weighted by molar-refractivity contribution is 7.19. The summed E-state index contributed by atoms with van der Waals surface area (Å²) in [5.41, 5.74) is 1.22. The molecular formula is C13H9FN2OS. The standard InChI is InChI=1S/C13H9FN2OS/c14-9-1-2-13-8(3-9)4-10(18-13)5-11-12(6-17)16-7-15-11/h1-4,6-7H,5H2,(H,15,16). The molecule has 0 amide bonds. The fraction of sp³-hybridized carbons (Fsp3) is 0.0769. The topological polar surface area (TPSA) is 45.8 Å². The quantitative estimate of drug-likeness (QED) is 0.735.